The SMILES string of the molecule is Cn1c(=O)cc(SCC(=O)O)c2ccccc21. The van der Waals surface area contributed by atoms with Gasteiger partial charge in [-0.1, -0.05) is 18.2 Å². The lowest BCUT2D eigenvalue weighted by Crippen LogP contribution is -2.16. The molecule has 0 saturated carbocycles. The molecule has 1 heterocycles. The first-order valence-electron chi connectivity index (χ1n) is 5.03. The molecule has 0 bridgehead atoms. The molecule has 0 radical (unpaired) electrons. The molecular formula is C12H11NO3S. The Morgan fingerprint density at radius 3 is 2.82 bits per heavy atom. The fraction of sp³-hybridized carbons (Fsp3) is 0.167. The van der Waals surface area contributed by atoms with Gasteiger partial charge in [0.2, 0.25) is 0 Å². The molecule has 0 amide bonds. The molecule has 17 heavy (non-hydrogen) atoms. The van der Waals surface area contributed by atoms with Crippen LogP contribution in [0.5, 0.6) is 0 Å². The second-order valence-corrected chi connectivity index (χ2v) is 4.62. The summed E-state index contributed by atoms with van der Waals surface area (Å²) in [5.74, 6) is -0.934. The van der Waals surface area contributed by atoms with Gasteiger partial charge in [0.1, 0.15) is 0 Å². The largest absolute Gasteiger partial charge is 0.481 e. The molecule has 1 aromatic carbocycles. The molecule has 0 atom stereocenters. The lowest BCUT2D eigenvalue weighted by molar-refractivity contribution is -0.133. The maximum absolute atomic E-state index is 11.7. The van der Waals surface area contributed by atoms with Crippen LogP contribution in [0.2, 0.25) is 0 Å². The first kappa shape index (κ1) is 11.7. The number of carboxylic acids is 1. The van der Waals surface area contributed by atoms with Crippen LogP contribution in [-0.2, 0) is 11.8 Å². The Morgan fingerprint density at radius 2 is 2.12 bits per heavy atom. The zero-order valence-electron chi connectivity index (χ0n) is 9.21. The molecule has 0 aliphatic heterocycles. The Kier molecular flexibility index (Phi) is 3.19. The summed E-state index contributed by atoms with van der Waals surface area (Å²) >= 11 is 1.17. The van der Waals surface area contributed by atoms with Crippen LogP contribution in [0.4, 0.5) is 0 Å². The number of aliphatic carboxylic acids is 1. The normalized spacial score (nSPS) is 10.6. The van der Waals surface area contributed by atoms with E-state index in [9.17, 15) is 9.59 Å². The third-order valence-corrected chi connectivity index (χ3v) is 3.51. The number of benzene rings is 1. The molecule has 0 unspecified atom stereocenters. The zero-order chi connectivity index (χ0) is 12.4. The third kappa shape index (κ3) is 2.34. The van der Waals surface area contributed by atoms with E-state index in [1.165, 1.54) is 17.8 Å². The van der Waals surface area contributed by atoms with Crippen LogP contribution in [0.1, 0.15) is 0 Å². The lowest BCUT2D eigenvalue weighted by Gasteiger charge is -2.08. The molecule has 0 saturated heterocycles. The Balaban J connectivity index is 2.59. The van der Waals surface area contributed by atoms with Crippen LogP contribution in [0, 0.1) is 0 Å². The van der Waals surface area contributed by atoms with E-state index in [0.717, 1.165) is 10.9 Å². The Bertz CT molecular complexity index is 633. The molecule has 2 rings (SSSR count). The molecule has 0 fully saturated rings. The number of fused-ring (bicyclic) bond motifs is 1. The second-order valence-electron chi connectivity index (χ2n) is 3.61. The van der Waals surface area contributed by atoms with Crippen molar-refractivity contribution in [3.8, 4) is 0 Å². The second kappa shape index (κ2) is 4.63. The summed E-state index contributed by atoms with van der Waals surface area (Å²) in [5.41, 5.74) is 0.685. The van der Waals surface area contributed by atoms with Crippen LogP contribution >= 0.6 is 11.8 Å². The number of carbonyl (C=O) groups is 1. The van der Waals surface area contributed by atoms with Crippen molar-refractivity contribution in [1.82, 2.24) is 4.57 Å². The van der Waals surface area contributed by atoms with Crippen molar-refractivity contribution in [3.63, 3.8) is 0 Å². The van der Waals surface area contributed by atoms with Crippen LogP contribution in [0.15, 0.2) is 40.0 Å². The van der Waals surface area contributed by atoms with E-state index in [1.807, 2.05) is 24.3 Å². The maximum Gasteiger partial charge on any atom is 0.313 e. The topological polar surface area (TPSA) is 59.3 Å². The van der Waals surface area contributed by atoms with Crippen molar-refractivity contribution < 1.29 is 9.90 Å². The number of hydrogen-bond donors (Lipinski definition) is 1. The highest BCUT2D eigenvalue weighted by atomic mass is 32.2. The minimum Gasteiger partial charge on any atom is -0.481 e. The monoisotopic (exact) mass is 249 g/mol. The van der Waals surface area contributed by atoms with Crippen LogP contribution < -0.4 is 5.56 Å². The molecule has 0 spiro atoms. The van der Waals surface area contributed by atoms with Crippen molar-refractivity contribution in [3.05, 3.63) is 40.7 Å². The van der Waals surface area contributed by atoms with Gasteiger partial charge in [-0.05, 0) is 6.07 Å². The van der Waals surface area contributed by atoms with E-state index in [4.69, 9.17) is 5.11 Å². The lowest BCUT2D eigenvalue weighted by atomic mass is 10.2. The average Bonchev–Trinajstić information content (AvgIpc) is 2.32. The van der Waals surface area contributed by atoms with Crippen LogP contribution in [-0.4, -0.2) is 21.4 Å². The smallest absolute Gasteiger partial charge is 0.313 e. The molecule has 5 heteroatoms. The van der Waals surface area contributed by atoms with Crippen molar-refractivity contribution in [2.45, 2.75) is 4.90 Å². The van der Waals surface area contributed by atoms with E-state index < -0.39 is 5.97 Å². The van der Waals surface area contributed by atoms with E-state index in [0.29, 0.717) is 4.90 Å². The number of rotatable bonds is 3. The quantitative estimate of drug-likeness (QED) is 0.841. The van der Waals surface area contributed by atoms with Gasteiger partial charge < -0.3 is 9.67 Å². The van der Waals surface area contributed by atoms with Gasteiger partial charge in [-0.2, -0.15) is 0 Å². The van der Waals surface area contributed by atoms with Crippen molar-refractivity contribution in [2.75, 3.05) is 5.75 Å². The zero-order valence-corrected chi connectivity index (χ0v) is 10.0. The molecule has 0 aliphatic carbocycles. The first-order valence-corrected chi connectivity index (χ1v) is 6.01. The highest BCUT2D eigenvalue weighted by molar-refractivity contribution is 8.00. The number of thioether (sulfide) groups is 1. The number of carboxylic acid groups (broad SMARTS) is 1. The number of para-hydroxylation sites is 1. The summed E-state index contributed by atoms with van der Waals surface area (Å²) in [5, 5.41) is 9.57. The maximum atomic E-state index is 11.7. The molecule has 1 aromatic heterocycles. The van der Waals surface area contributed by atoms with Crippen LogP contribution in [0.3, 0.4) is 0 Å². The van der Waals surface area contributed by atoms with Crippen molar-refractivity contribution >= 4 is 28.6 Å². The Labute approximate surface area is 102 Å². The van der Waals surface area contributed by atoms with E-state index in [-0.39, 0.29) is 11.3 Å². The number of hydrogen-bond acceptors (Lipinski definition) is 3. The summed E-state index contributed by atoms with van der Waals surface area (Å²) in [6, 6.07) is 8.95. The Hall–Kier alpha value is -1.75. The van der Waals surface area contributed by atoms with E-state index in [1.54, 1.807) is 11.6 Å². The van der Waals surface area contributed by atoms with Gasteiger partial charge >= 0.3 is 5.97 Å². The van der Waals surface area contributed by atoms with Gasteiger partial charge in [0.25, 0.3) is 5.56 Å². The van der Waals surface area contributed by atoms with Gasteiger partial charge in [-0.25, -0.2) is 0 Å². The van der Waals surface area contributed by atoms with Gasteiger partial charge in [-0.15, -0.1) is 11.8 Å². The molecule has 88 valence electrons. The number of nitrogens with zero attached hydrogens (tertiary/aromatic N) is 1. The molecular weight excluding hydrogens is 238 g/mol. The summed E-state index contributed by atoms with van der Waals surface area (Å²) in [6.45, 7) is 0. The minimum absolute atomic E-state index is 0.0445. The highest BCUT2D eigenvalue weighted by Crippen LogP contribution is 2.25. The summed E-state index contributed by atoms with van der Waals surface area (Å²) in [4.78, 5) is 23.0. The van der Waals surface area contributed by atoms with Crippen molar-refractivity contribution in [1.29, 1.82) is 0 Å². The standard InChI is InChI=1S/C12H11NO3S/c1-13-9-5-3-2-4-8(9)10(6-11(13)14)17-7-12(15)16/h2-6H,7H2,1H3,(H,15,16). The molecule has 0 aliphatic rings. The minimum atomic E-state index is -0.889. The predicted molar refractivity (Wildman–Crippen MR) is 67.5 cm³/mol. The molecule has 4 nitrogen and oxygen atoms in total. The fourth-order valence-electron chi connectivity index (χ4n) is 1.64. The number of pyridine rings is 1. The fourth-order valence-corrected chi connectivity index (χ4v) is 2.43. The number of aryl methyl sites for hydroxylation is 1. The average molecular weight is 249 g/mol. The summed E-state index contributed by atoms with van der Waals surface area (Å²) in [6.07, 6.45) is 0. The van der Waals surface area contributed by atoms with Gasteiger partial charge in [0, 0.05) is 23.4 Å². The summed E-state index contributed by atoms with van der Waals surface area (Å²) in [7, 11) is 1.70. The van der Waals surface area contributed by atoms with Gasteiger partial charge in [0.15, 0.2) is 0 Å². The third-order valence-electron chi connectivity index (χ3n) is 2.47. The Morgan fingerprint density at radius 1 is 1.41 bits per heavy atom. The molecule has 2 aromatic rings. The van der Waals surface area contributed by atoms with Gasteiger partial charge in [-0.3, -0.25) is 9.59 Å². The van der Waals surface area contributed by atoms with E-state index >= 15 is 0 Å². The number of aromatic nitrogens is 1. The first-order chi connectivity index (χ1) is 8.09. The van der Waals surface area contributed by atoms with E-state index in [2.05, 4.69) is 0 Å². The summed E-state index contributed by atoms with van der Waals surface area (Å²) < 4.78 is 1.56. The van der Waals surface area contributed by atoms with Gasteiger partial charge in [0.05, 0.1) is 11.3 Å². The van der Waals surface area contributed by atoms with Crippen LogP contribution in [0.25, 0.3) is 10.9 Å². The highest BCUT2D eigenvalue weighted by Gasteiger charge is 2.08. The predicted octanol–water partition coefficient (Wildman–Crippen LogP) is 1.72. The van der Waals surface area contributed by atoms with Crippen molar-refractivity contribution in [2.24, 2.45) is 7.05 Å². The molecule has 1 N–H and O–H groups in total.